The van der Waals surface area contributed by atoms with Crippen molar-refractivity contribution in [3.05, 3.63) is 28.2 Å². The van der Waals surface area contributed by atoms with Crippen molar-refractivity contribution in [3.8, 4) is 5.75 Å². The van der Waals surface area contributed by atoms with Crippen LogP contribution in [0.5, 0.6) is 5.75 Å². The lowest BCUT2D eigenvalue weighted by molar-refractivity contribution is -0.117. The molecule has 0 radical (unpaired) electrons. The Morgan fingerprint density at radius 2 is 2.18 bits per heavy atom. The molecular weight excluding hydrogens is 288 g/mol. The molecule has 0 aliphatic heterocycles. The van der Waals surface area contributed by atoms with Crippen LogP contribution in [0.4, 0.5) is 0 Å². The van der Waals surface area contributed by atoms with E-state index in [1.807, 2.05) is 0 Å². The number of hydrogen-bond donors (Lipinski definition) is 2. The number of nitrogens with one attached hydrogen (secondary N) is 1. The van der Waals surface area contributed by atoms with Crippen LogP contribution in [0.3, 0.4) is 0 Å². The molecule has 0 aromatic heterocycles. The molecule has 0 heterocycles. The molecule has 0 fully saturated rings. The lowest BCUT2D eigenvalue weighted by atomic mass is 10.2. The maximum absolute atomic E-state index is 11.8. The molecule has 0 saturated heterocycles. The topological polar surface area (TPSA) is 81.4 Å². The molecule has 0 bridgehead atoms. The van der Waals surface area contributed by atoms with Crippen molar-refractivity contribution < 1.29 is 14.3 Å². The van der Waals surface area contributed by atoms with Gasteiger partial charge in [-0.3, -0.25) is 9.59 Å². The van der Waals surface area contributed by atoms with E-state index in [1.165, 1.54) is 7.11 Å². The summed E-state index contributed by atoms with van der Waals surface area (Å²) in [4.78, 5) is 22.3. The second kappa shape index (κ2) is 6.24. The molecule has 2 amide bonds. The predicted molar refractivity (Wildman–Crippen MR) is 66.8 cm³/mol. The summed E-state index contributed by atoms with van der Waals surface area (Å²) >= 11 is 3.29. The highest BCUT2D eigenvalue weighted by Gasteiger charge is 2.12. The maximum Gasteiger partial charge on any atom is 0.255 e. The molecule has 3 N–H and O–H groups in total. The smallest absolute Gasteiger partial charge is 0.255 e. The molecule has 0 saturated carbocycles. The van der Waals surface area contributed by atoms with Crippen LogP contribution in [-0.4, -0.2) is 25.5 Å². The van der Waals surface area contributed by atoms with E-state index in [2.05, 4.69) is 21.2 Å². The van der Waals surface area contributed by atoms with Gasteiger partial charge in [-0.15, -0.1) is 0 Å². The molecule has 6 heteroatoms. The minimum atomic E-state index is -0.451. The average Bonchev–Trinajstić information content (AvgIpc) is 2.28. The Morgan fingerprint density at radius 1 is 1.47 bits per heavy atom. The Morgan fingerprint density at radius 3 is 2.76 bits per heavy atom. The summed E-state index contributed by atoms with van der Waals surface area (Å²) in [6, 6.07) is 5.08. The number of carbonyl (C=O) groups is 2. The van der Waals surface area contributed by atoms with Gasteiger partial charge in [0.05, 0.1) is 12.7 Å². The summed E-state index contributed by atoms with van der Waals surface area (Å²) < 4.78 is 5.91. The Labute approximate surface area is 107 Å². The lowest BCUT2D eigenvalue weighted by Gasteiger charge is -2.09. The van der Waals surface area contributed by atoms with Crippen LogP contribution < -0.4 is 15.8 Å². The first kappa shape index (κ1) is 13.5. The summed E-state index contributed by atoms with van der Waals surface area (Å²) in [7, 11) is 1.49. The number of nitrogens with two attached hydrogens (primary N) is 1. The third kappa shape index (κ3) is 4.07. The zero-order valence-electron chi connectivity index (χ0n) is 9.33. The molecular formula is C11H13BrN2O3. The highest BCUT2D eigenvalue weighted by atomic mass is 79.9. The first-order valence-electron chi connectivity index (χ1n) is 4.94. The number of carbonyl (C=O) groups excluding carboxylic acids is 2. The molecule has 0 aliphatic carbocycles. The molecule has 1 aromatic carbocycles. The molecule has 0 spiro atoms. The van der Waals surface area contributed by atoms with Crippen molar-refractivity contribution in [1.82, 2.24) is 5.32 Å². The molecule has 0 aliphatic rings. The van der Waals surface area contributed by atoms with Crippen LogP contribution in [0, 0.1) is 0 Å². The highest BCUT2D eigenvalue weighted by molar-refractivity contribution is 9.10. The van der Waals surface area contributed by atoms with Gasteiger partial charge >= 0.3 is 0 Å². The van der Waals surface area contributed by atoms with Gasteiger partial charge in [0.2, 0.25) is 5.91 Å². The Hall–Kier alpha value is -1.56. The highest BCUT2D eigenvalue weighted by Crippen LogP contribution is 2.23. The van der Waals surface area contributed by atoms with Gasteiger partial charge in [-0.1, -0.05) is 15.9 Å². The third-order valence-corrected chi connectivity index (χ3v) is 2.56. The second-order valence-corrected chi connectivity index (χ2v) is 4.23. The lowest BCUT2D eigenvalue weighted by Crippen LogP contribution is -2.28. The maximum atomic E-state index is 11.8. The summed E-state index contributed by atoms with van der Waals surface area (Å²) in [5, 5.41) is 2.59. The van der Waals surface area contributed by atoms with Crippen molar-refractivity contribution >= 4 is 27.7 Å². The monoisotopic (exact) mass is 300 g/mol. The molecule has 0 atom stereocenters. The van der Waals surface area contributed by atoms with Gasteiger partial charge in [0.15, 0.2) is 0 Å². The zero-order valence-corrected chi connectivity index (χ0v) is 10.9. The SMILES string of the molecule is COc1cc(Br)ccc1C(=O)NCCC(N)=O. The fourth-order valence-electron chi connectivity index (χ4n) is 1.25. The van der Waals surface area contributed by atoms with Crippen molar-refractivity contribution in [2.45, 2.75) is 6.42 Å². The standard InChI is InChI=1S/C11H13BrN2O3/c1-17-9-6-7(12)2-3-8(9)11(16)14-5-4-10(13)15/h2-3,6H,4-5H2,1H3,(H2,13,15)(H,14,16). The fourth-order valence-corrected chi connectivity index (χ4v) is 1.59. The Bertz CT molecular complexity index is 435. The van der Waals surface area contributed by atoms with Crippen LogP contribution in [0.25, 0.3) is 0 Å². The van der Waals surface area contributed by atoms with Crippen LogP contribution in [0.1, 0.15) is 16.8 Å². The average molecular weight is 301 g/mol. The van der Waals surface area contributed by atoms with E-state index < -0.39 is 5.91 Å². The van der Waals surface area contributed by atoms with Crippen molar-refractivity contribution in [1.29, 1.82) is 0 Å². The molecule has 17 heavy (non-hydrogen) atoms. The van der Waals surface area contributed by atoms with Crippen LogP contribution in [0.2, 0.25) is 0 Å². The summed E-state index contributed by atoms with van der Waals surface area (Å²) in [5.74, 6) is -0.278. The quantitative estimate of drug-likeness (QED) is 0.853. The molecule has 1 rings (SSSR count). The molecule has 92 valence electrons. The van der Waals surface area contributed by atoms with E-state index in [4.69, 9.17) is 10.5 Å². The number of hydrogen-bond acceptors (Lipinski definition) is 3. The number of halogens is 1. The number of rotatable bonds is 5. The van der Waals surface area contributed by atoms with Gasteiger partial charge in [0, 0.05) is 17.4 Å². The summed E-state index contributed by atoms with van der Waals surface area (Å²) in [5.41, 5.74) is 5.39. The number of methoxy groups -OCH3 is 1. The first-order chi connectivity index (χ1) is 8.04. The van der Waals surface area contributed by atoms with E-state index in [0.717, 1.165) is 4.47 Å². The van der Waals surface area contributed by atoms with Crippen molar-refractivity contribution in [3.63, 3.8) is 0 Å². The number of benzene rings is 1. The number of primary amides is 1. The number of amides is 2. The molecule has 0 unspecified atom stereocenters. The van der Waals surface area contributed by atoms with Crippen LogP contribution in [0.15, 0.2) is 22.7 Å². The van der Waals surface area contributed by atoms with Gasteiger partial charge in [0.25, 0.3) is 5.91 Å². The summed E-state index contributed by atoms with van der Waals surface area (Å²) in [6.45, 7) is 0.216. The van der Waals surface area contributed by atoms with Gasteiger partial charge in [0.1, 0.15) is 5.75 Å². The largest absolute Gasteiger partial charge is 0.496 e. The van der Waals surface area contributed by atoms with Crippen LogP contribution >= 0.6 is 15.9 Å². The molecule has 5 nitrogen and oxygen atoms in total. The zero-order chi connectivity index (χ0) is 12.8. The van der Waals surface area contributed by atoms with Gasteiger partial charge in [-0.2, -0.15) is 0 Å². The van der Waals surface area contributed by atoms with Crippen molar-refractivity contribution in [2.75, 3.05) is 13.7 Å². The first-order valence-corrected chi connectivity index (χ1v) is 5.74. The normalized spacial score (nSPS) is 9.76. The Kier molecular flexibility index (Phi) is 4.96. The fraction of sp³-hybridized carbons (Fsp3) is 0.273. The minimum Gasteiger partial charge on any atom is -0.496 e. The van der Waals surface area contributed by atoms with Crippen molar-refractivity contribution in [2.24, 2.45) is 5.73 Å². The predicted octanol–water partition coefficient (Wildman–Crippen LogP) is 1.06. The van der Waals surface area contributed by atoms with E-state index >= 15 is 0 Å². The second-order valence-electron chi connectivity index (χ2n) is 3.32. The minimum absolute atomic E-state index is 0.116. The van der Waals surface area contributed by atoms with E-state index in [0.29, 0.717) is 11.3 Å². The summed E-state index contributed by atoms with van der Waals surface area (Å²) in [6.07, 6.45) is 0.116. The van der Waals surface area contributed by atoms with Gasteiger partial charge < -0.3 is 15.8 Å². The van der Waals surface area contributed by atoms with E-state index in [9.17, 15) is 9.59 Å². The molecule has 1 aromatic rings. The third-order valence-electron chi connectivity index (χ3n) is 2.07. The van der Waals surface area contributed by atoms with Gasteiger partial charge in [-0.05, 0) is 18.2 Å². The Balaban J connectivity index is 2.71. The van der Waals surface area contributed by atoms with Crippen LogP contribution in [-0.2, 0) is 4.79 Å². The number of ether oxygens (including phenoxy) is 1. The van der Waals surface area contributed by atoms with Gasteiger partial charge in [-0.25, -0.2) is 0 Å². The van der Waals surface area contributed by atoms with E-state index in [-0.39, 0.29) is 18.9 Å². The van der Waals surface area contributed by atoms with E-state index in [1.54, 1.807) is 18.2 Å².